The molecule has 0 saturated carbocycles. The summed E-state index contributed by atoms with van der Waals surface area (Å²) in [6.45, 7) is 2.40. The fraction of sp³-hybridized carbons (Fsp3) is 0.385. The number of rotatable bonds is 4. The first-order valence-electron chi connectivity index (χ1n) is 5.53. The second-order valence-corrected chi connectivity index (χ2v) is 3.51. The highest BCUT2D eigenvalue weighted by Crippen LogP contribution is 2.24. The molecule has 5 heteroatoms. The van der Waals surface area contributed by atoms with Crippen molar-refractivity contribution in [3.05, 3.63) is 35.1 Å². The molecule has 1 aliphatic rings. The van der Waals surface area contributed by atoms with E-state index in [1.54, 1.807) is 18.4 Å². The van der Waals surface area contributed by atoms with E-state index in [0.29, 0.717) is 13.0 Å². The van der Waals surface area contributed by atoms with E-state index in [1.807, 2.05) is 6.92 Å². The van der Waals surface area contributed by atoms with Crippen LogP contribution in [0.15, 0.2) is 35.1 Å². The Bertz CT molecular complexity index is 429. The molecule has 0 bridgehead atoms. The zero-order chi connectivity index (χ0) is 13.5. The quantitative estimate of drug-likeness (QED) is 0.560. The normalized spacial score (nSPS) is 16.7. The average Bonchev–Trinajstić information content (AvgIpc) is 2.43. The second kappa shape index (κ2) is 6.64. The lowest BCUT2D eigenvalue weighted by molar-refractivity contribution is -0.139. The molecule has 18 heavy (non-hydrogen) atoms. The summed E-state index contributed by atoms with van der Waals surface area (Å²) < 4.78 is 14.4. The van der Waals surface area contributed by atoms with Crippen molar-refractivity contribution >= 4 is 11.9 Å². The molecule has 0 N–H and O–H groups in total. The number of carbonyl (C=O) groups is 2. The van der Waals surface area contributed by atoms with E-state index < -0.39 is 11.9 Å². The fourth-order valence-corrected chi connectivity index (χ4v) is 1.51. The van der Waals surface area contributed by atoms with Gasteiger partial charge in [-0.1, -0.05) is 6.08 Å². The smallest absolute Gasteiger partial charge is 0.338 e. The standard InChI is InChI=1S/C13H16O5/c1-4-18-8-9-5-6-10(12(14)16-2)11(7-9)13(15)17-3/h6-8H,4-5H2,1-3H3. The Morgan fingerprint density at radius 3 is 2.39 bits per heavy atom. The highest BCUT2D eigenvalue weighted by atomic mass is 16.5. The molecule has 0 aromatic heterocycles. The third-order valence-corrected chi connectivity index (χ3v) is 2.37. The summed E-state index contributed by atoms with van der Waals surface area (Å²) in [7, 11) is 2.53. The Morgan fingerprint density at radius 1 is 1.22 bits per heavy atom. The molecule has 0 fully saturated rings. The van der Waals surface area contributed by atoms with Gasteiger partial charge in [0.2, 0.25) is 0 Å². The van der Waals surface area contributed by atoms with Gasteiger partial charge in [0.1, 0.15) is 0 Å². The van der Waals surface area contributed by atoms with E-state index >= 15 is 0 Å². The maximum atomic E-state index is 11.6. The SMILES string of the molecule is CCOC=C1C=C(C(=O)OC)C(C(=O)OC)=CC1. The lowest BCUT2D eigenvalue weighted by Crippen LogP contribution is -2.17. The van der Waals surface area contributed by atoms with E-state index in [2.05, 4.69) is 9.47 Å². The number of esters is 2. The van der Waals surface area contributed by atoms with Gasteiger partial charge < -0.3 is 14.2 Å². The van der Waals surface area contributed by atoms with Crippen LogP contribution in [0, 0.1) is 0 Å². The van der Waals surface area contributed by atoms with Gasteiger partial charge in [0.25, 0.3) is 0 Å². The first-order chi connectivity index (χ1) is 8.63. The fourth-order valence-electron chi connectivity index (χ4n) is 1.51. The van der Waals surface area contributed by atoms with Crippen LogP contribution in [0.3, 0.4) is 0 Å². The van der Waals surface area contributed by atoms with E-state index in [0.717, 1.165) is 5.57 Å². The predicted molar refractivity (Wildman–Crippen MR) is 64.5 cm³/mol. The van der Waals surface area contributed by atoms with Gasteiger partial charge in [-0.05, 0) is 25.0 Å². The minimum Gasteiger partial charge on any atom is -0.501 e. The maximum absolute atomic E-state index is 11.6. The molecule has 0 aromatic carbocycles. The number of hydrogen-bond donors (Lipinski definition) is 0. The van der Waals surface area contributed by atoms with Gasteiger partial charge >= 0.3 is 11.9 Å². The number of allylic oxidation sites excluding steroid dienone is 3. The minimum absolute atomic E-state index is 0.182. The van der Waals surface area contributed by atoms with E-state index in [-0.39, 0.29) is 11.1 Å². The molecule has 0 aliphatic heterocycles. The molecule has 0 radical (unpaired) electrons. The van der Waals surface area contributed by atoms with E-state index in [4.69, 9.17) is 4.74 Å². The first-order valence-corrected chi connectivity index (χ1v) is 5.53. The van der Waals surface area contributed by atoms with Crippen molar-refractivity contribution in [3.63, 3.8) is 0 Å². The number of methoxy groups -OCH3 is 2. The molecule has 0 heterocycles. The number of ether oxygens (including phenoxy) is 3. The van der Waals surface area contributed by atoms with Crippen molar-refractivity contribution in [2.24, 2.45) is 0 Å². The zero-order valence-corrected chi connectivity index (χ0v) is 10.7. The highest BCUT2D eigenvalue weighted by molar-refractivity contribution is 6.07. The largest absolute Gasteiger partial charge is 0.501 e. The Kier molecular flexibility index (Phi) is 5.17. The molecule has 0 aromatic rings. The first kappa shape index (κ1) is 14.0. The van der Waals surface area contributed by atoms with Crippen LogP contribution in [-0.4, -0.2) is 32.8 Å². The average molecular weight is 252 g/mol. The summed E-state index contributed by atoms with van der Waals surface area (Å²) in [6, 6.07) is 0. The lowest BCUT2D eigenvalue weighted by atomic mass is 9.95. The van der Waals surface area contributed by atoms with Gasteiger partial charge in [-0.3, -0.25) is 0 Å². The molecular formula is C13H16O5. The molecule has 0 amide bonds. The van der Waals surface area contributed by atoms with Gasteiger partial charge in [0.15, 0.2) is 0 Å². The Labute approximate surface area is 106 Å². The summed E-state index contributed by atoms with van der Waals surface area (Å²) in [6.07, 6.45) is 5.27. The molecular weight excluding hydrogens is 236 g/mol. The Balaban J connectivity index is 3.04. The van der Waals surface area contributed by atoms with Crippen LogP contribution in [0.1, 0.15) is 13.3 Å². The second-order valence-electron chi connectivity index (χ2n) is 3.51. The van der Waals surface area contributed by atoms with E-state index in [9.17, 15) is 9.59 Å². The van der Waals surface area contributed by atoms with Crippen molar-refractivity contribution in [3.8, 4) is 0 Å². The minimum atomic E-state index is -0.575. The monoisotopic (exact) mass is 252 g/mol. The van der Waals surface area contributed by atoms with Crippen LogP contribution < -0.4 is 0 Å². The van der Waals surface area contributed by atoms with Crippen LogP contribution in [0.4, 0.5) is 0 Å². The van der Waals surface area contributed by atoms with Gasteiger partial charge in [0, 0.05) is 0 Å². The number of carbonyl (C=O) groups excluding carboxylic acids is 2. The Hall–Kier alpha value is -2.04. The molecule has 0 atom stereocenters. The van der Waals surface area contributed by atoms with E-state index in [1.165, 1.54) is 14.2 Å². The molecule has 0 saturated heterocycles. The summed E-state index contributed by atoms with van der Waals surface area (Å²) in [5, 5.41) is 0. The number of hydrogen-bond acceptors (Lipinski definition) is 5. The molecule has 0 spiro atoms. The molecule has 0 unspecified atom stereocenters. The van der Waals surface area contributed by atoms with Crippen LogP contribution in [0.5, 0.6) is 0 Å². The van der Waals surface area contributed by atoms with Gasteiger partial charge in [-0.15, -0.1) is 0 Å². The molecule has 5 nitrogen and oxygen atoms in total. The lowest BCUT2D eigenvalue weighted by Gasteiger charge is -2.14. The third kappa shape index (κ3) is 3.23. The highest BCUT2D eigenvalue weighted by Gasteiger charge is 2.25. The van der Waals surface area contributed by atoms with Crippen molar-refractivity contribution in [2.45, 2.75) is 13.3 Å². The van der Waals surface area contributed by atoms with Gasteiger partial charge in [-0.25, -0.2) is 9.59 Å². The van der Waals surface area contributed by atoms with Crippen LogP contribution >= 0.6 is 0 Å². The van der Waals surface area contributed by atoms with Crippen molar-refractivity contribution in [1.29, 1.82) is 0 Å². The predicted octanol–water partition coefficient (Wildman–Crippen LogP) is 1.51. The summed E-state index contributed by atoms with van der Waals surface area (Å²) in [4.78, 5) is 23.1. The maximum Gasteiger partial charge on any atom is 0.338 e. The van der Waals surface area contributed by atoms with Crippen LogP contribution in [0.2, 0.25) is 0 Å². The van der Waals surface area contributed by atoms with Gasteiger partial charge in [-0.2, -0.15) is 0 Å². The molecule has 1 aliphatic carbocycles. The van der Waals surface area contributed by atoms with Crippen molar-refractivity contribution in [1.82, 2.24) is 0 Å². The van der Waals surface area contributed by atoms with Crippen LogP contribution in [-0.2, 0) is 23.8 Å². The summed E-state index contributed by atoms with van der Waals surface area (Å²) in [5.41, 5.74) is 1.20. The molecule has 1 rings (SSSR count). The van der Waals surface area contributed by atoms with Crippen LogP contribution in [0.25, 0.3) is 0 Å². The zero-order valence-electron chi connectivity index (χ0n) is 10.7. The topological polar surface area (TPSA) is 61.8 Å². The van der Waals surface area contributed by atoms with Crippen molar-refractivity contribution in [2.75, 3.05) is 20.8 Å². The summed E-state index contributed by atoms with van der Waals surface area (Å²) >= 11 is 0. The van der Waals surface area contributed by atoms with Crippen molar-refractivity contribution < 1.29 is 23.8 Å². The molecule has 98 valence electrons. The van der Waals surface area contributed by atoms with Gasteiger partial charge in [0.05, 0.1) is 38.2 Å². The third-order valence-electron chi connectivity index (χ3n) is 2.37. The summed E-state index contributed by atoms with van der Waals surface area (Å²) in [5.74, 6) is -1.13. The Morgan fingerprint density at radius 2 is 1.83 bits per heavy atom.